The maximum Gasteiger partial charge on any atom is 0.329 e. The SMILES string of the molecule is C=C1CC(C)CC(CC)(COc2cc(F)c(C(=O)N3CO[C@H](C)[C@H]3C(=O)O)cc2C2CC2)C1. The Morgan fingerprint density at radius 3 is 2.67 bits per heavy atom. The van der Waals surface area contributed by atoms with Crippen molar-refractivity contribution in [1.82, 2.24) is 4.90 Å². The number of benzene rings is 1. The van der Waals surface area contributed by atoms with Crippen LogP contribution in [0.4, 0.5) is 4.39 Å². The lowest BCUT2D eigenvalue weighted by atomic mass is 9.67. The average molecular weight is 460 g/mol. The largest absolute Gasteiger partial charge is 0.493 e. The first-order valence-corrected chi connectivity index (χ1v) is 11.9. The molecule has 0 spiro atoms. The fourth-order valence-electron chi connectivity index (χ4n) is 5.56. The van der Waals surface area contributed by atoms with Crippen LogP contribution in [0.25, 0.3) is 0 Å². The molecule has 0 radical (unpaired) electrons. The summed E-state index contributed by atoms with van der Waals surface area (Å²) in [7, 11) is 0. The summed E-state index contributed by atoms with van der Waals surface area (Å²) in [6, 6.07) is 1.73. The number of carbonyl (C=O) groups is 2. The smallest absolute Gasteiger partial charge is 0.329 e. The Balaban J connectivity index is 1.59. The van der Waals surface area contributed by atoms with Crippen LogP contribution in [0, 0.1) is 17.2 Å². The van der Waals surface area contributed by atoms with Crippen molar-refractivity contribution < 1.29 is 28.6 Å². The summed E-state index contributed by atoms with van der Waals surface area (Å²) in [5.74, 6) is -1.26. The molecule has 1 amide bonds. The van der Waals surface area contributed by atoms with Gasteiger partial charge in [-0.25, -0.2) is 9.18 Å². The van der Waals surface area contributed by atoms with E-state index in [9.17, 15) is 14.7 Å². The van der Waals surface area contributed by atoms with Crippen molar-refractivity contribution >= 4 is 11.9 Å². The topological polar surface area (TPSA) is 76.1 Å². The molecule has 4 atom stereocenters. The molecule has 180 valence electrons. The van der Waals surface area contributed by atoms with E-state index in [1.807, 2.05) is 0 Å². The molecular formula is C26H34FNO5. The van der Waals surface area contributed by atoms with Gasteiger partial charge in [-0.15, -0.1) is 0 Å². The van der Waals surface area contributed by atoms with Gasteiger partial charge in [0, 0.05) is 11.5 Å². The molecule has 1 N–H and O–H groups in total. The van der Waals surface area contributed by atoms with Crippen molar-refractivity contribution in [2.75, 3.05) is 13.3 Å². The minimum Gasteiger partial charge on any atom is -0.493 e. The zero-order valence-electron chi connectivity index (χ0n) is 19.7. The maximum atomic E-state index is 15.2. The summed E-state index contributed by atoms with van der Waals surface area (Å²) in [5, 5.41) is 9.50. The highest BCUT2D eigenvalue weighted by atomic mass is 19.1. The summed E-state index contributed by atoms with van der Waals surface area (Å²) in [4.78, 5) is 25.8. The van der Waals surface area contributed by atoms with Gasteiger partial charge in [0.25, 0.3) is 5.91 Å². The average Bonchev–Trinajstić information content (AvgIpc) is 3.52. The van der Waals surface area contributed by atoms with Crippen LogP contribution in [-0.4, -0.2) is 47.4 Å². The van der Waals surface area contributed by atoms with Crippen LogP contribution >= 0.6 is 0 Å². The molecule has 2 saturated carbocycles. The third kappa shape index (κ3) is 4.79. The molecule has 3 fully saturated rings. The Kier molecular flexibility index (Phi) is 6.54. The van der Waals surface area contributed by atoms with E-state index in [1.165, 1.54) is 11.6 Å². The molecule has 6 nitrogen and oxygen atoms in total. The highest BCUT2D eigenvalue weighted by molar-refractivity contribution is 5.97. The van der Waals surface area contributed by atoms with Crippen LogP contribution in [0.3, 0.4) is 0 Å². The van der Waals surface area contributed by atoms with Crippen molar-refractivity contribution in [3.8, 4) is 5.75 Å². The number of allylic oxidation sites excluding steroid dienone is 1. The first-order valence-electron chi connectivity index (χ1n) is 11.9. The number of rotatable bonds is 7. The van der Waals surface area contributed by atoms with Gasteiger partial charge in [0.2, 0.25) is 0 Å². The molecule has 3 aliphatic rings. The predicted molar refractivity (Wildman–Crippen MR) is 122 cm³/mol. The van der Waals surface area contributed by atoms with Crippen LogP contribution in [0.1, 0.15) is 81.1 Å². The number of aliphatic carboxylic acids is 1. The summed E-state index contributed by atoms with van der Waals surface area (Å²) in [6.07, 6.45) is 5.22. The number of halogens is 1. The van der Waals surface area contributed by atoms with Crippen LogP contribution in [0.2, 0.25) is 0 Å². The molecule has 33 heavy (non-hydrogen) atoms. The zero-order chi connectivity index (χ0) is 23.9. The Morgan fingerprint density at radius 2 is 2.06 bits per heavy atom. The van der Waals surface area contributed by atoms with E-state index in [2.05, 4.69) is 20.4 Å². The lowest BCUT2D eigenvalue weighted by Crippen LogP contribution is -2.44. The van der Waals surface area contributed by atoms with Gasteiger partial charge in [-0.05, 0) is 68.9 Å². The number of carboxylic acid groups (broad SMARTS) is 1. The minimum absolute atomic E-state index is 0.0156. The summed E-state index contributed by atoms with van der Waals surface area (Å²) in [5.41, 5.74) is 1.92. The Hall–Kier alpha value is -2.41. The van der Waals surface area contributed by atoms with Crippen molar-refractivity contribution in [3.63, 3.8) is 0 Å². The molecule has 7 heteroatoms. The summed E-state index contributed by atoms with van der Waals surface area (Å²) in [6.45, 7) is 10.5. The van der Waals surface area contributed by atoms with Crippen LogP contribution in [0.15, 0.2) is 24.3 Å². The second kappa shape index (κ2) is 9.09. The highest BCUT2D eigenvalue weighted by Gasteiger charge is 2.42. The fourth-order valence-corrected chi connectivity index (χ4v) is 5.56. The van der Waals surface area contributed by atoms with Gasteiger partial charge in [-0.2, -0.15) is 0 Å². The quantitative estimate of drug-likeness (QED) is 0.573. The number of hydrogen-bond donors (Lipinski definition) is 1. The number of carboxylic acids is 1. The number of ether oxygens (including phenoxy) is 2. The molecule has 0 aromatic heterocycles. The van der Waals surface area contributed by atoms with Crippen LogP contribution < -0.4 is 4.74 Å². The van der Waals surface area contributed by atoms with Crippen LogP contribution in [0.5, 0.6) is 5.75 Å². The summed E-state index contributed by atoms with van der Waals surface area (Å²) >= 11 is 0. The molecule has 2 unspecified atom stereocenters. The van der Waals surface area contributed by atoms with E-state index in [0.29, 0.717) is 18.3 Å². The third-order valence-electron chi connectivity index (χ3n) is 7.45. The number of amides is 1. The second-order valence-corrected chi connectivity index (χ2v) is 10.3. The van der Waals surface area contributed by atoms with Gasteiger partial charge >= 0.3 is 5.97 Å². The fraction of sp³-hybridized carbons (Fsp3) is 0.615. The predicted octanol–water partition coefficient (Wildman–Crippen LogP) is 5.13. The van der Waals surface area contributed by atoms with Gasteiger partial charge < -0.3 is 14.6 Å². The monoisotopic (exact) mass is 459 g/mol. The van der Waals surface area contributed by atoms with Crippen molar-refractivity contribution in [2.45, 2.75) is 77.4 Å². The molecule has 1 aliphatic heterocycles. The van der Waals surface area contributed by atoms with E-state index >= 15 is 4.39 Å². The molecule has 2 aliphatic carbocycles. The molecule has 1 aromatic rings. The normalized spacial score (nSPS) is 29.9. The lowest BCUT2D eigenvalue weighted by molar-refractivity contribution is -0.142. The lowest BCUT2D eigenvalue weighted by Gasteiger charge is -2.40. The minimum atomic E-state index is -1.16. The van der Waals surface area contributed by atoms with E-state index in [4.69, 9.17) is 9.47 Å². The number of carbonyl (C=O) groups excluding carboxylic acids is 1. The molecule has 1 heterocycles. The maximum absolute atomic E-state index is 15.2. The number of hydrogen-bond acceptors (Lipinski definition) is 4. The Morgan fingerprint density at radius 1 is 1.33 bits per heavy atom. The van der Waals surface area contributed by atoms with Gasteiger partial charge in [0.1, 0.15) is 18.3 Å². The standard InChI is InChI=1S/C26H34FNO5/c1-5-26(11-15(2)8-16(3)12-26)13-32-22-10-21(27)20(9-19(22)18-6-7-18)24(29)28-14-33-17(4)23(28)25(30)31/h9-10,16-18,23H,2,5-8,11-14H2,1,3-4H3,(H,30,31)/t16?,17-,23+,26?/m1/s1. The van der Waals surface area contributed by atoms with E-state index in [1.54, 1.807) is 13.0 Å². The second-order valence-electron chi connectivity index (χ2n) is 10.3. The van der Waals surface area contributed by atoms with Crippen molar-refractivity contribution in [2.24, 2.45) is 11.3 Å². The van der Waals surface area contributed by atoms with E-state index < -0.39 is 29.8 Å². The van der Waals surface area contributed by atoms with Crippen molar-refractivity contribution in [3.05, 3.63) is 41.2 Å². The van der Waals surface area contributed by atoms with Crippen LogP contribution in [-0.2, 0) is 9.53 Å². The first-order chi connectivity index (χ1) is 15.6. The van der Waals surface area contributed by atoms with E-state index in [-0.39, 0.29) is 23.6 Å². The molecule has 4 rings (SSSR count). The molecule has 1 saturated heterocycles. The van der Waals surface area contributed by atoms with Gasteiger partial charge in [0.05, 0.1) is 18.3 Å². The zero-order valence-corrected chi connectivity index (χ0v) is 19.7. The molecule has 0 bridgehead atoms. The van der Waals surface area contributed by atoms with Gasteiger partial charge in [-0.3, -0.25) is 9.69 Å². The highest BCUT2D eigenvalue weighted by Crippen LogP contribution is 2.48. The van der Waals surface area contributed by atoms with E-state index in [0.717, 1.165) is 49.0 Å². The molecule has 1 aromatic carbocycles. The van der Waals surface area contributed by atoms with Gasteiger partial charge in [0.15, 0.2) is 6.04 Å². The molecular weight excluding hydrogens is 425 g/mol. The van der Waals surface area contributed by atoms with Crippen molar-refractivity contribution in [1.29, 1.82) is 0 Å². The Labute approximate surface area is 194 Å². The Bertz CT molecular complexity index is 958. The number of nitrogens with zero attached hydrogens (tertiary/aromatic N) is 1. The summed E-state index contributed by atoms with van der Waals surface area (Å²) < 4.78 is 26.8. The third-order valence-corrected chi connectivity index (χ3v) is 7.45. The first kappa shape index (κ1) is 23.7. The van der Waals surface area contributed by atoms with Gasteiger partial charge in [-0.1, -0.05) is 26.0 Å².